The summed E-state index contributed by atoms with van der Waals surface area (Å²) in [5.41, 5.74) is 2.84. The number of methoxy groups -OCH3 is 1. The van der Waals surface area contributed by atoms with Crippen LogP contribution in [0.3, 0.4) is 0 Å². The molecule has 1 aromatic carbocycles. The minimum absolute atomic E-state index is 0.0551. The fraction of sp³-hybridized carbons (Fsp3) is 0.400. The number of hydrogen-bond donors (Lipinski definition) is 1. The molecule has 2 unspecified atom stereocenters. The van der Waals surface area contributed by atoms with Crippen molar-refractivity contribution in [2.24, 2.45) is 0 Å². The third kappa shape index (κ3) is 4.39. The van der Waals surface area contributed by atoms with Gasteiger partial charge in [0.25, 0.3) is 0 Å². The molecule has 0 radical (unpaired) electrons. The molecule has 2 aromatic rings. The van der Waals surface area contributed by atoms with Crippen LogP contribution in [0.2, 0.25) is 0 Å². The molecule has 0 spiro atoms. The lowest BCUT2D eigenvalue weighted by atomic mass is 10.0. The molecule has 1 fully saturated rings. The van der Waals surface area contributed by atoms with E-state index in [1.54, 1.807) is 12.0 Å². The number of aromatic nitrogens is 1. The van der Waals surface area contributed by atoms with Gasteiger partial charge in [0.1, 0.15) is 6.61 Å². The van der Waals surface area contributed by atoms with Crippen LogP contribution in [0.5, 0.6) is 0 Å². The van der Waals surface area contributed by atoms with E-state index in [2.05, 4.69) is 10.3 Å². The SMILES string of the molecule is COC(C)c1ccc(C2CNCCN2C(=O)OCc2ccccc2)cn1. The van der Waals surface area contributed by atoms with E-state index in [0.717, 1.165) is 23.4 Å². The van der Waals surface area contributed by atoms with Crippen molar-refractivity contribution in [3.63, 3.8) is 0 Å². The van der Waals surface area contributed by atoms with Crippen LogP contribution in [0.15, 0.2) is 48.7 Å². The number of nitrogens with one attached hydrogen (secondary N) is 1. The summed E-state index contributed by atoms with van der Waals surface area (Å²) < 4.78 is 10.8. The van der Waals surface area contributed by atoms with Gasteiger partial charge in [-0.3, -0.25) is 9.88 Å². The third-order valence-electron chi connectivity index (χ3n) is 4.65. The Kier molecular flexibility index (Phi) is 6.20. The predicted octanol–water partition coefficient (Wildman–Crippen LogP) is 3.07. The maximum atomic E-state index is 12.6. The van der Waals surface area contributed by atoms with E-state index in [1.165, 1.54) is 0 Å². The molecule has 1 N–H and O–H groups in total. The van der Waals surface area contributed by atoms with Gasteiger partial charge in [-0.25, -0.2) is 4.79 Å². The first-order valence-corrected chi connectivity index (χ1v) is 8.85. The van der Waals surface area contributed by atoms with Crippen molar-refractivity contribution in [2.75, 3.05) is 26.7 Å². The standard InChI is InChI=1S/C20H25N3O3/c1-15(25-2)18-9-8-17(12-22-18)19-13-21-10-11-23(19)20(24)26-14-16-6-4-3-5-7-16/h3-9,12,15,19,21H,10-11,13-14H2,1-2H3. The van der Waals surface area contributed by atoms with E-state index in [4.69, 9.17) is 9.47 Å². The van der Waals surface area contributed by atoms with Gasteiger partial charge in [0.15, 0.2) is 0 Å². The van der Waals surface area contributed by atoms with Gasteiger partial charge in [-0.15, -0.1) is 0 Å². The number of benzene rings is 1. The summed E-state index contributed by atoms with van der Waals surface area (Å²) in [6.45, 7) is 4.27. The second-order valence-corrected chi connectivity index (χ2v) is 6.35. The lowest BCUT2D eigenvalue weighted by Gasteiger charge is -2.35. The second-order valence-electron chi connectivity index (χ2n) is 6.35. The van der Waals surface area contributed by atoms with Crippen LogP contribution >= 0.6 is 0 Å². The summed E-state index contributed by atoms with van der Waals surface area (Å²) in [5.74, 6) is 0. The van der Waals surface area contributed by atoms with E-state index < -0.39 is 0 Å². The molecule has 1 saturated heterocycles. The molecular formula is C20H25N3O3. The zero-order valence-corrected chi connectivity index (χ0v) is 15.2. The van der Waals surface area contributed by atoms with Crippen molar-refractivity contribution in [3.05, 3.63) is 65.5 Å². The summed E-state index contributed by atoms with van der Waals surface area (Å²) in [5, 5.41) is 3.34. The largest absolute Gasteiger partial charge is 0.445 e. The van der Waals surface area contributed by atoms with E-state index in [9.17, 15) is 4.79 Å². The number of rotatable bonds is 5. The molecule has 0 bridgehead atoms. The molecule has 3 rings (SSSR count). The highest BCUT2D eigenvalue weighted by Gasteiger charge is 2.29. The number of amides is 1. The van der Waals surface area contributed by atoms with Crippen LogP contribution in [0.4, 0.5) is 4.79 Å². The molecule has 1 aromatic heterocycles. The lowest BCUT2D eigenvalue weighted by Crippen LogP contribution is -2.48. The first-order valence-electron chi connectivity index (χ1n) is 8.85. The Morgan fingerprint density at radius 1 is 1.31 bits per heavy atom. The topological polar surface area (TPSA) is 63.7 Å². The Hall–Kier alpha value is -2.44. The first kappa shape index (κ1) is 18.4. The van der Waals surface area contributed by atoms with Gasteiger partial charge < -0.3 is 14.8 Å². The number of nitrogens with zero attached hydrogens (tertiary/aromatic N) is 2. The average Bonchev–Trinajstić information content (AvgIpc) is 2.72. The van der Waals surface area contributed by atoms with E-state index in [1.807, 2.05) is 55.6 Å². The van der Waals surface area contributed by atoms with Gasteiger partial charge in [-0.05, 0) is 24.1 Å². The van der Waals surface area contributed by atoms with E-state index in [-0.39, 0.29) is 24.8 Å². The van der Waals surface area contributed by atoms with Crippen LogP contribution < -0.4 is 5.32 Å². The van der Waals surface area contributed by atoms with Crippen molar-refractivity contribution in [2.45, 2.75) is 25.7 Å². The highest BCUT2D eigenvalue weighted by molar-refractivity contribution is 5.68. The van der Waals surface area contributed by atoms with Crippen LogP contribution in [0.1, 0.15) is 35.9 Å². The molecule has 6 nitrogen and oxygen atoms in total. The molecule has 0 aliphatic carbocycles. The molecule has 2 atom stereocenters. The van der Waals surface area contributed by atoms with Crippen LogP contribution in [0.25, 0.3) is 0 Å². The molecular weight excluding hydrogens is 330 g/mol. The zero-order valence-electron chi connectivity index (χ0n) is 15.2. The Labute approximate surface area is 154 Å². The first-order chi connectivity index (χ1) is 12.7. The molecule has 26 heavy (non-hydrogen) atoms. The Balaban J connectivity index is 1.68. The number of pyridine rings is 1. The van der Waals surface area contributed by atoms with E-state index in [0.29, 0.717) is 13.1 Å². The van der Waals surface area contributed by atoms with Gasteiger partial charge in [-0.2, -0.15) is 0 Å². The number of hydrogen-bond acceptors (Lipinski definition) is 5. The van der Waals surface area contributed by atoms with Gasteiger partial charge in [0.05, 0.1) is 17.8 Å². The van der Waals surface area contributed by atoms with Crippen molar-refractivity contribution < 1.29 is 14.3 Å². The third-order valence-corrected chi connectivity index (χ3v) is 4.65. The predicted molar refractivity (Wildman–Crippen MR) is 98.6 cm³/mol. The quantitative estimate of drug-likeness (QED) is 0.893. The minimum Gasteiger partial charge on any atom is -0.445 e. The minimum atomic E-state index is -0.297. The average molecular weight is 355 g/mol. The molecule has 1 aliphatic rings. The second kappa shape index (κ2) is 8.78. The number of carbonyl (C=O) groups excluding carboxylic acids is 1. The Bertz CT molecular complexity index is 706. The molecule has 0 saturated carbocycles. The summed E-state index contributed by atoms with van der Waals surface area (Å²) in [7, 11) is 1.66. The molecule has 138 valence electrons. The maximum absolute atomic E-state index is 12.6. The number of ether oxygens (including phenoxy) is 2. The monoisotopic (exact) mass is 355 g/mol. The lowest BCUT2D eigenvalue weighted by molar-refractivity contribution is 0.0719. The summed E-state index contributed by atoms with van der Waals surface area (Å²) in [6.07, 6.45) is 1.47. The Morgan fingerprint density at radius 3 is 2.81 bits per heavy atom. The van der Waals surface area contributed by atoms with Crippen LogP contribution in [-0.2, 0) is 16.1 Å². The van der Waals surface area contributed by atoms with Gasteiger partial charge in [0, 0.05) is 32.9 Å². The zero-order chi connectivity index (χ0) is 18.4. The molecule has 1 aliphatic heterocycles. The fourth-order valence-corrected chi connectivity index (χ4v) is 3.00. The van der Waals surface area contributed by atoms with Crippen molar-refractivity contribution >= 4 is 6.09 Å². The van der Waals surface area contributed by atoms with Gasteiger partial charge in [0.2, 0.25) is 0 Å². The van der Waals surface area contributed by atoms with Crippen LogP contribution in [-0.4, -0.2) is 42.7 Å². The van der Waals surface area contributed by atoms with Gasteiger partial charge >= 0.3 is 6.09 Å². The summed E-state index contributed by atoms with van der Waals surface area (Å²) >= 11 is 0. The van der Waals surface area contributed by atoms with Crippen molar-refractivity contribution in [1.82, 2.24) is 15.2 Å². The van der Waals surface area contributed by atoms with Crippen molar-refractivity contribution in [1.29, 1.82) is 0 Å². The fourth-order valence-electron chi connectivity index (χ4n) is 3.00. The molecule has 6 heteroatoms. The maximum Gasteiger partial charge on any atom is 0.410 e. The molecule has 2 heterocycles. The normalized spacial score (nSPS) is 18.4. The van der Waals surface area contributed by atoms with Crippen molar-refractivity contribution in [3.8, 4) is 0 Å². The summed E-state index contributed by atoms with van der Waals surface area (Å²) in [4.78, 5) is 18.9. The highest BCUT2D eigenvalue weighted by atomic mass is 16.6. The van der Waals surface area contributed by atoms with E-state index >= 15 is 0 Å². The smallest absolute Gasteiger partial charge is 0.410 e. The van der Waals surface area contributed by atoms with Crippen LogP contribution in [0, 0.1) is 0 Å². The highest BCUT2D eigenvalue weighted by Crippen LogP contribution is 2.24. The molecule has 1 amide bonds. The Morgan fingerprint density at radius 2 is 2.12 bits per heavy atom. The summed E-state index contributed by atoms with van der Waals surface area (Å²) in [6, 6.07) is 13.6. The number of piperazine rings is 1. The number of carbonyl (C=O) groups is 1. The van der Waals surface area contributed by atoms with Gasteiger partial charge in [-0.1, -0.05) is 36.4 Å².